The van der Waals surface area contributed by atoms with E-state index in [1.165, 1.54) is 0 Å². The molecular weight excluding hydrogens is 174 g/mol. The van der Waals surface area contributed by atoms with Gasteiger partial charge in [-0.15, -0.1) is 6.42 Å². The van der Waals surface area contributed by atoms with Gasteiger partial charge in [0.05, 0.1) is 18.8 Å². The fourth-order valence-electron chi connectivity index (χ4n) is 1.51. The van der Waals surface area contributed by atoms with Crippen LogP contribution in [0.2, 0.25) is 0 Å². The van der Waals surface area contributed by atoms with Crippen molar-refractivity contribution in [3.63, 3.8) is 0 Å². The zero-order valence-corrected chi connectivity index (χ0v) is 9.84. The lowest BCUT2D eigenvalue weighted by Gasteiger charge is -2.20. The third-order valence-electron chi connectivity index (χ3n) is 1.93. The molecule has 0 spiro atoms. The lowest BCUT2D eigenvalue weighted by molar-refractivity contribution is -0.000560. The largest absolute Gasteiger partial charge is 0.374 e. The van der Waals surface area contributed by atoms with Gasteiger partial charge in [0.25, 0.3) is 0 Å². The van der Waals surface area contributed by atoms with Gasteiger partial charge in [-0.25, -0.2) is 0 Å². The van der Waals surface area contributed by atoms with Gasteiger partial charge in [-0.1, -0.05) is 19.8 Å². The third kappa shape index (κ3) is 8.10. The summed E-state index contributed by atoms with van der Waals surface area (Å²) in [6, 6.07) is 0. The van der Waals surface area contributed by atoms with E-state index in [1.54, 1.807) is 0 Å². The molecule has 0 aliphatic rings. The molecule has 0 saturated heterocycles. The van der Waals surface area contributed by atoms with Crippen molar-refractivity contribution in [2.45, 2.75) is 46.3 Å². The van der Waals surface area contributed by atoms with Crippen LogP contribution in [0, 0.1) is 18.3 Å². The van der Waals surface area contributed by atoms with Crippen LogP contribution in [-0.2, 0) is 4.74 Å². The Morgan fingerprint density at radius 1 is 1.21 bits per heavy atom. The van der Waals surface area contributed by atoms with Crippen LogP contribution < -0.4 is 5.32 Å². The van der Waals surface area contributed by atoms with Crippen LogP contribution in [-0.4, -0.2) is 25.3 Å². The summed E-state index contributed by atoms with van der Waals surface area (Å²) in [4.78, 5) is 0. The number of ether oxygens (including phenoxy) is 1. The molecule has 0 bridgehead atoms. The highest BCUT2D eigenvalue weighted by Gasteiger charge is 2.09. The Kier molecular flexibility index (Phi) is 7.55. The Morgan fingerprint density at radius 2 is 1.86 bits per heavy atom. The van der Waals surface area contributed by atoms with Crippen molar-refractivity contribution in [1.82, 2.24) is 5.32 Å². The fraction of sp³-hybridized carbons (Fsp3) is 0.833. The molecule has 0 aliphatic carbocycles. The van der Waals surface area contributed by atoms with Crippen LogP contribution in [0.25, 0.3) is 0 Å². The fourth-order valence-corrected chi connectivity index (χ4v) is 1.51. The zero-order valence-electron chi connectivity index (χ0n) is 9.84. The Hall–Kier alpha value is -0.520. The summed E-state index contributed by atoms with van der Waals surface area (Å²) < 4.78 is 5.78. The van der Waals surface area contributed by atoms with E-state index in [2.05, 4.69) is 38.9 Å². The SMILES string of the molecule is C#CCNCC(C)OC(C)CC(C)C. The molecule has 82 valence electrons. The Labute approximate surface area is 88.4 Å². The molecule has 2 unspecified atom stereocenters. The molecule has 0 rings (SSSR count). The molecule has 2 heteroatoms. The van der Waals surface area contributed by atoms with E-state index in [9.17, 15) is 0 Å². The quantitative estimate of drug-likeness (QED) is 0.498. The van der Waals surface area contributed by atoms with E-state index >= 15 is 0 Å². The van der Waals surface area contributed by atoms with Crippen molar-refractivity contribution >= 4 is 0 Å². The Balaban J connectivity index is 3.50. The first-order valence-corrected chi connectivity index (χ1v) is 5.35. The van der Waals surface area contributed by atoms with Crippen molar-refractivity contribution in [3.05, 3.63) is 0 Å². The average molecular weight is 197 g/mol. The van der Waals surface area contributed by atoms with Crippen molar-refractivity contribution in [2.24, 2.45) is 5.92 Å². The normalized spacial score (nSPS) is 15.1. The lowest BCUT2D eigenvalue weighted by atomic mass is 10.1. The molecule has 0 aromatic carbocycles. The minimum Gasteiger partial charge on any atom is -0.374 e. The molecule has 0 fully saturated rings. The van der Waals surface area contributed by atoms with E-state index in [0.29, 0.717) is 18.6 Å². The second kappa shape index (κ2) is 7.84. The zero-order chi connectivity index (χ0) is 11.0. The minimum atomic E-state index is 0.233. The number of hydrogen-bond acceptors (Lipinski definition) is 2. The lowest BCUT2D eigenvalue weighted by Crippen LogP contribution is -2.30. The van der Waals surface area contributed by atoms with Gasteiger partial charge in [0, 0.05) is 6.54 Å². The maximum Gasteiger partial charge on any atom is 0.0675 e. The molecule has 0 heterocycles. The summed E-state index contributed by atoms with van der Waals surface area (Å²) in [5.74, 6) is 3.23. The molecule has 0 aromatic rings. The van der Waals surface area contributed by atoms with Gasteiger partial charge in [-0.3, -0.25) is 0 Å². The smallest absolute Gasteiger partial charge is 0.0675 e. The monoisotopic (exact) mass is 197 g/mol. The summed E-state index contributed by atoms with van der Waals surface area (Å²) in [6.07, 6.45) is 6.80. The molecule has 0 amide bonds. The predicted molar refractivity (Wildman–Crippen MR) is 61.2 cm³/mol. The standard InChI is InChI=1S/C12H23NO/c1-6-7-13-9-12(5)14-11(4)8-10(2)3/h1,10-13H,7-9H2,2-5H3. The summed E-state index contributed by atoms with van der Waals surface area (Å²) >= 11 is 0. The van der Waals surface area contributed by atoms with Gasteiger partial charge in [-0.2, -0.15) is 0 Å². The minimum absolute atomic E-state index is 0.233. The number of terminal acetylenes is 1. The van der Waals surface area contributed by atoms with Gasteiger partial charge in [0.1, 0.15) is 0 Å². The van der Waals surface area contributed by atoms with Crippen LogP contribution in [0.1, 0.15) is 34.1 Å². The number of rotatable bonds is 7. The summed E-state index contributed by atoms with van der Waals surface area (Å²) in [7, 11) is 0. The molecule has 0 radical (unpaired) electrons. The van der Waals surface area contributed by atoms with Crippen LogP contribution in [0.4, 0.5) is 0 Å². The first-order valence-electron chi connectivity index (χ1n) is 5.35. The van der Waals surface area contributed by atoms with Crippen molar-refractivity contribution in [3.8, 4) is 12.3 Å². The summed E-state index contributed by atoms with van der Waals surface area (Å²) in [6.45, 7) is 10.1. The first-order chi connectivity index (χ1) is 6.56. The van der Waals surface area contributed by atoms with Gasteiger partial charge in [0.2, 0.25) is 0 Å². The highest BCUT2D eigenvalue weighted by molar-refractivity contribution is 4.86. The molecule has 14 heavy (non-hydrogen) atoms. The number of nitrogens with one attached hydrogen (secondary N) is 1. The van der Waals surface area contributed by atoms with E-state index < -0.39 is 0 Å². The van der Waals surface area contributed by atoms with E-state index in [4.69, 9.17) is 11.2 Å². The average Bonchev–Trinajstić information content (AvgIpc) is 2.02. The van der Waals surface area contributed by atoms with Gasteiger partial charge >= 0.3 is 0 Å². The topological polar surface area (TPSA) is 21.3 Å². The van der Waals surface area contributed by atoms with Crippen LogP contribution in [0.15, 0.2) is 0 Å². The van der Waals surface area contributed by atoms with Gasteiger partial charge in [-0.05, 0) is 26.2 Å². The van der Waals surface area contributed by atoms with Gasteiger partial charge < -0.3 is 10.1 Å². The Bertz CT molecular complexity index is 172. The third-order valence-corrected chi connectivity index (χ3v) is 1.93. The molecular formula is C12H23NO. The van der Waals surface area contributed by atoms with Crippen LogP contribution in [0.3, 0.4) is 0 Å². The first kappa shape index (κ1) is 13.5. The van der Waals surface area contributed by atoms with Crippen molar-refractivity contribution in [2.75, 3.05) is 13.1 Å². The molecule has 0 aliphatic heterocycles. The van der Waals surface area contributed by atoms with E-state index in [-0.39, 0.29) is 6.10 Å². The molecule has 0 saturated carbocycles. The summed E-state index contributed by atoms with van der Waals surface area (Å²) in [5, 5.41) is 3.13. The van der Waals surface area contributed by atoms with Crippen LogP contribution in [0.5, 0.6) is 0 Å². The maximum atomic E-state index is 5.78. The highest BCUT2D eigenvalue weighted by Crippen LogP contribution is 2.09. The highest BCUT2D eigenvalue weighted by atomic mass is 16.5. The Morgan fingerprint density at radius 3 is 2.36 bits per heavy atom. The predicted octanol–water partition coefficient (Wildman–Crippen LogP) is 2.05. The summed E-state index contributed by atoms with van der Waals surface area (Å²) in [5.41, 5.74) is 0. The van der Waals surface area contributed by atoms with Crippen molar-refractivity contribution in [1.29, 1.82) is 0 Å². The molecule has 1 N–H and O–H groups in total. The van der Waals surface area contributed by atoms with E-state index in [1.807, 2.05) is 0 Å². The van der Waals surface area contributed by atoms with Crippen LogP contribution >= 0.6 is 0 Å². The second-order valence-corrected chi connectivity index (χ2v) is 4.22. The molecule has 0 aromatic heterocycles. The number of hydrogen-bond donors (Lipinski definition) is 1. The molecule has 2 nitrogen and oxygen atoms in total. The van der Waals surface area contributed by atoms with E-state index in [0.717, 1.165) is 13.0 Å². The second-order valence-electron chi connectivity index (χ2n) is 4.22. The molecule has 2 atom stereocenters. The van der Waals surface area contributed by atoms with Crippen molar-refractivity contribution < 1.29 is 4.74 Å². The van der Waals surface area contributed by atoms with Gasteiger partial charge in [0.15, 0.2) is 0 Å². The maximum absolute atomic E-state index is 5.78.